The van der Waals surface area contributed by atoms with Gasteiger partial charge < -0.3 is 9.64 Å². The lowest BCUT2D eigenvalue weighted by Crippen LogP contribution is -2.16. The van der Waals surface area contributed by atoms with Crippen molar-refractivity contribution in [2.45, 2.75) is 44.9 Å². The largest absolute Gasteiger partial charge is 0.494 e. The van der Waals surface area contributed by atoms with Gasteiger partial charge in [0.15, 0.2) is 0 Å². The second kappa shape index (κ2) is 8.98. The van der Waals surface area contributed by atoms with Crippen LogP contribution in [-0.2, 0) is 6.42 Å². The Balaban J connectivity index is 2.82. The summed E-state index contributed by atoms with van der Waals surface area (Å²) in [6.07, 6.45) is 3.09. The molecule has 0 fully saturated rings. The second-order valence-electron chi connectivity index (χ2n) is 5.81. The van der Waals surface area contributed by atoms with Crippen LogP contribution in [-0.4, -0.2) is 30.8 Å². The predicted octanol–water partition coefficient (Wildman–Crippen LogP) is 4.84. The van der Waals surface area contributed by atoms with Crippen molar-refractivity contribution in [2.24, 2.45) is 5.92 Å². The molecule has 0 heterocycles. The van der Waals surface area contributed by atoms with Gasteiger partial charge in [0.05, 0.1) is 6.61 Å². The summed E-state index contributed by atoms with van der Waals surface area (Å²) in [6, 6.07) is 6.09. The molecular formula is C17H27NO2S. The number of hydrogen-bond donors (Lipinski definition) is 0. The maximum Gasteiger partial charge on any atom is 0.285 e. The standard InChI is InChI=1S/C17H27NO2S/c1-6-7-14-8-9-15(20-11-10-13(2)3)12-16(14)21-17(19)18(4)5/h8-9,12-13H,6-7,10-11H2,1-5H3. The average molecular weight is 309 g/mol. The maximum atomic E-state index is 11.9. The SMILES string of the molecule is CCCc1ccc(OCCC(C)C)cc1SC(=O)N(C)C. The van der Waals surface area contributed by atoms with Gasteiger partial charge in [-0.1, -0.05) is 33.3 Å². The van der Waals surface area contributed by atoms with E-state index in [4.69, 9.17) is 4.74 Å². The van der Waals surface area contributed by atoms with Gasteiger partial charge in [-0.05, 0) is 48.2 Å². The van der Waals surface area contributed by atoms with Crippen LogP contribution < -0.4 is 4.74 Å². The van der Waals surface area contributed by atoms with Crippen LogP contribution >= 0.6 is 11.8 Å². The topological polar surface area (TPSA) is 29.5 Å². The van der Waals surface area contributed by atoms with Gasteiger partial charge >= 0.3 is 0 Å². The van der Waals surface area contributed by atoms with Gasteiger partial charge in [0.1, 0.15) is 5.75 Å². The first-order chi connectivity index (χ1) is 9.93. The summed E-state index contributed by atoms with van der Waals surface area (Å²) >= 11 is 1.28. The molecule has 0 saturated heterocycles. The van der Waals surface area contributed by atoms with Gasteiger partial charge in [-0.25, -0.2) is 0 Å². The molecule has 0 N–H and O–H groups in total. The van der Waals surface area contributed by atoms with Crippen molar-refractivity contribution < 1.29 is 9.53 Å². The maximum absolute atomic E-state index is 11.9. The number of benzene rings is 1. The number of rotatable bonds is 7. The van der Waals surface area contributed by atoms with Crippen LogP contribution in [0.25, 0.3) is 0 Å². The molecule has 0 unspecified atom stereocenters. The van der Waals surface area contributed by atoms with Gasteiger partial charge in [-0.3, -0.25) is 4.79 Å². The lowest BCUT2D eigenvalue weighted by molar-refractivity contribution is 0.241. The lowest BCUT2D eigenvalue weighted by atomic mass is 10.1. The van der Waals surface area contributed by atoms with E-state index in [2.05, 4.69) is 26.8 Å². The zero-order chi connectivity index (χ0) is 15.8. The third-order valence-electron chi connectivity index (χ3n) is 3.08. The molecule has 1 aromatic carbocycles. The number of ether oxygens (including phenoxy) is 1. The highest BCUT2D eigenvalue weighted by molar-refractivity contribution is 8.13. The van der Waals surface area contributed by atoms with Crippen LogP contribution in [0.4, 0.5) is 4.79 Å². The van der Waals surface area contributed by atoms with Gasteiger partial charge in [-0.15, -0.1) is 0 Å². The van der Waals surface area contributed by atoms with E-state index >= 15 is 0 Å². The highest BCUT2D eigenvalue weighted by Crippen LogP contribution is 2.30. The van der Waals surface area contributed by atoms with Crippen LogP contribution in [0.3, 0.4) is 0 Å². The Labute approximate surface area is 133 Å². The third-order valence-corrected chi connectivity index (χ3v) is 4.22. The number of aryl methyl sites for hydroxylation is 1. The zero-order valence-electron chi connectivity index (χ0n) is 13.8. The summed E-state index contributed by atoms with van der Waals surface area (Å²) < 4.78 is 5.79. The minimum atomic E-state index is 0.0479. The molecule has 0 aliphatic rings. The minimum absolute atomic E-state index is 0.0479. The smallest absolute Gasteiger partial charge is 0.285 e. The summed E-state index contributed by atoms with van der Waals surface area (Å²) in [7, 11) is 3.55. The fourth-order valence-corrected chi connectivity index (χ4v) is 2.64. The van der Waals surface area contributed by atoms with Crippen LogP contribution in [0.2, 0.25) is 0 Å². The summed E-state index contributed by atoms with van der Waals surface area (Å²) in [5, 5.41) is 0.0479. The lowest BCUT2D eigenvalue weighted by Gasteiger charge is -2.14. The van der Waals surface area contributed by atoms with Crippen molar-refractivity contribution in [1.29, 1.82) is 0 Å². The van der Waals surface area contributed by atoms with Crippen molar-refractivity contribution in [1.82, 2.24) is 4.90 Å². The van der Waals surface area contributed by atoms with Crippen molar-refractivity contribution >= 4 is 17.0 Å². The molecule has 0 aromatic heterocycles. The van der Waals surface area contributed by atoms with Crippen LogP contribution in [0.15, 0.2) is 23.1 Å². The van der Waals surface area contributed by atoms with E-state index in [-0.39, 0.29) is 5.24 Å². The first-order valence-electron chi connectivity index (χ1n) is 7.58. The fraction of sp³-hybridized carbons (Fsp3) is 0.588. The fourth-order valence-electron chi connectivity index (χ4n) is 1.79. The highest BCUT2D eigenvalue weighted by Gasteiger charge is 2.12. The summed E-state index contributed by atoms with van der Waals surface area (Å²) in [6.45, 7) is 7.24. The third kappa shape index (κ3) is 6.42. The molecule has 0 aliphatic carbocycles. The molecule has 1 rings (SSSR count). The van der Waals surface area contributed by atoms with E-state index in [1.807, 2.05) is 12.1 Å². The van der Waals surface area contributed by atoms with Gasteiger partial charge in [0, 0.05) is 19.0 Å². The molecule has 1 amide bonds. The quantitative estimate of drug-likeness (QED) is 0.675. The number of carbonyl (C=O) groups is 1. The number of thioether (sulfide) groups is 1. The molecule has 3 nitrogen and oxygen atoms in total. The second-order valence-corrected chi connectivity index (χ2v) is 6.81. The van der Waals surface area contributed by atoms with Gasteiger partial charge in [0.25, 0.3) is 5.24 Å². The van der Waals surface area contributed by atoms with Crippen molar-refractivity contribution in [3.63, 3.8) is 0 Å². The number of hydrogen-bond acceptors (Lipinski definition) is 3. The molecule has 21 heavy (non-hydrogen) atoms. The molecule has 4 heteroatoms. The molecule has 0 aliphatic heterocycles. The summed E-state index contributed by atoms with van der Waals surface area (Å²) in [5.74, 6) is 1.48. The molecule has 0 saturated carbocycles. The average Bonchev–Trinajstić information content (AvgIpc) is 2.41. The van der Waals surface area contributed by atoms with Crippen LogP contribution in [0.1, 0.15) is 39.2 Å². The van der Waals surface area contributed by atoms with Crippen molar-refractivity contribution in [3.8, 4) is 5.75 Å². The first kappa shape index (κ1) is 17.9. The predicted molar refractivity (Wildman–Crippen MR) is 90.3 cm³/mol. The van der Waals surface area contributed by atoms with E-state index in [9.17, 15) is 4.79 Å². The van der Waals surface area contributed by atoms with E-state index in [0.717, 1.165) is 36.5 Å². The van der Waals surface area contributed by atoms with Gasteiger partial charge in [0.2, 0.25) is 0 Å². The zero-order valence-corrected chi connectivity index (χ0v) is 14.6. The Morgan fingerprint density at radius 3 is 2.62 bits per heavy atom. The monoisotopic (exact) mass is 309 g/mol. The number of carbonyl (C=O) groups excluding carboxylic acids is 1. The summed E-state index contributed by atoms with van der Waals surface area (Å²) in [5.41, 5.74) is 1.22. The van der Waals surface area contributed by atoms with E-state index in [0.29, 0.717) is 5.92 Å². The van der Waals surface area contributed by atoms with Crippen molar-refractivity contribution in [3.05, 3.63) is 23.8 Å². The Morgan fingerprint density at radius 2 is 2.05 bits per heavy atom. The molecule has 1 aromatic rings. The molecule has 0 spiro atoms. The Bertz CT molecular complexity index is 458. The molecule has 0 atom stereocenters. The Morgan fingerprint density at radius 1 is 1.33 bits per heavy atom. The minimum Gasteiger partial charge on any atom is -0.494 e. The first-order valence-corrected chi connectivity index (χ1v) is 8.40. The molecule has 118 valence electrons. The van der Waals surface area contributed by atoms with Gasteiger partial charge in [-0.2, -0.15) is 0 Å². The van der Waals surface area contributed by atoms with E-state index in [1.165, 1.54) is 17.3 Å². The van der Waals surface area contributed by atoms with Crippen LogP contribution in [0, 0.1) is 5.92 Å². The molecular weight excluding hydrogens is 282 g/mol. The number of amides is 1. The van der Waals surface area contributed by atoms with Crippen LogP contribution in [0.5, 0.6) is 5.75 Å². The highest BCUT2D eigenvalue weighted by atomic mass is 32.2. The summed E-state index contributed by atoms with van der Waals surface area (Å²) in [4.78, 5) is 14.5. The van der Waals surface area contributed by atoms with E-state index in [1.54, 1.807) is 19.0 Å². The molecule has 0 radical (unpaired) electrons. The Kier molecular flexibility index (Phi) is 7.65. The van der Waals surface area contributed by atoms with Crippen molar-refractivity contribution in [2.75, 3.05) is 20.7 Å². The molecule has 0 bridgehead atoms. The number of nitrogens with zero attached hydrogens (tertiary/aromatic N) is 1. The van der Waals surface area contributed by atoms with E-state index < -0.39 is 0 Å². The normalized spacial score (nSPS) is 10.8. The Hall–Kier alpha value is -1.16.